The summed E-state index contributed by atoms with van der Waals surface area (Å²) >= 11 is 1.38. The molecule has 6 rings (SSSR count). The van der Waals surface area contributed by atoms with E-state index in [9.17, 15) is 14.3 Å². The summed E-state index contributed by atoms with van der Waals surface area (Å²) in [6.45, 7) is 7.70. The van der Waals surface area contributed by atoms with Gasteiger partial charge in [-0.3, -0.25) is 9.48 Å². The van der Waals surface area contributed by atoms with Crippen LogP contribution in [0.1, 0.15) is 25.6 Å². The van der Waals surface area contributed by atoms with Crippen molar-refractivity contribution in [3.63, 3.8) is 0 Å². The number of carbonyl (C=O) groups is 1. The summed E-state index contributed by atoms with van der Waals surface area (Å²) < 4.78 is 40.4. The van der Waals surface area contributed by atoms with Crippen LogP contribution in [0.15, 0.2) is 54.8 Å². The van der Waals surface area contributed by atoms with E-state index in [1.807, 2.05) is 46.9 Å². The van der Waals surface area contributed by atoms with Crippen molar-refractivity contribution in [1.29, 1.82) is 0 Å². The molecule has 42 heavy (non-hydrogen) atoms. The molecule has 1 aliphatic heterocycles. The maximum absolute atomic E-state index is 15.8. The molecule has 0 radical (unpaired) electrons. The second kappa shape index (κ2) is 10.8. The standard InChI is InChI=1S/C30H28F2N6O3S/c1-5-25(40)37-11-16(2)38-19(12-37)10-22(35-38)29-27(26-21(32)8-18(31)9-24(26)41-14-17(3)39)30-20(6-7-42-30)28(34-29)23-13-36(4)15-33-23/h5-10,13,15-17,39H,1,11-12,14H2,2-4H3. The van der Waals surface area contributed by atoms with Crippen molar-refractivity contribution < 1.29 is 23.4 Å². The van der Waals surface area contributed by atoms with Gasteiger partial charge in [-0.25, -0.2) is 18.7 Å². The third-order valence-corrected chi connectivity index (χ3v) is 8.03. The van der Waals surface area contributed by atoms with E-state index in [-0.39, 0.29) is 29.9 Å². The number of amides is 1. The summed E-state index contributed by atoms with van der Waals surface area (Å²) in [4.78, 5) is 23.7. The Morgan fingerprint density at radius 1 is 1.26 bits per heavy atom. The van der Waals surface area contributed by atoms with Gasteiger partial charge in [0.15, 0.2) is 0 Å². The number of aromatic nitrogens is 5. The highest BCUT2D eigenvalue weighted by Gasteiger charge is 2.30. The molecule has 0 saturated carbocycles. The van der Waals surface area contributed by atoms with Gasteiger partial charge < -0.3 is 19.3 Å². The van der Waals surface area contributed by atoms with Gasteiger partial charge in [-0.15, -0.1) is 11.3 Å². The maximum atomic E-state index is 15.8. The quantitative estimate of drug-likeness (QED) is 0.257. The van der Waals surface area contributed by atoms with Crippen LogP contribution in [0.3, 0.4) is 0 Å². The Bertz CT molecular complexity index is 1840. The van der Waals surface area contributed by atoms with Crippen LogP contribution in [-0.4, -0.2) is 59.5 Å². The Hall–Kier alpha value is -4.42. The molecule has 2 atom stereocenters. The van der Waals surface area contributed by atoms with E-state index in [0.29, 0.717) is 46.1 Å². The predicted octanol–water partition coefficient (Wildman–Crippen LogP) is 5.35. The fourth-order valence-electron chi connectivity index (χ4n) is 5.29. The lowest BCUT2D eigenvalue weighted by Crippen LogP contribution is -2.39. The molecule has 1 aromatic carbocycles. The van der Waals surface area contributed by atoms with Gasteiger partial charge in [0.1, 0.15) is 41.1 Å². The third kappa shape index (κ3) is 4.86. The molecule has 0 bridgehead atoms. The van der Waals surface area contributed by atoms with Gasteiger partial charge in [0, 0.05) is 47.6 Å². The highest BCUT2D eigenvalue weighted by atomic mass is 32.1. The zero-order valence-electron chi connectivity index (χ0n) is 23.2. The minimum Gasteiger partial charge on any atom is -0.490 e. The Morgan fingerprint density at radius 3 is 2.79 bits per heavy atom. The number of ether oxygens (including phenoxy) is 1. The number of aryl methyl sites for hydroxylation is 1. The monoisotopic (exact) mass is 590 g/mol. The molecule has 5 heterocycles. The van der Waals surface area contributed by atoms with Gasteiger partial charge >= 0.3 is 0 Å². The molecule has 4 aromatic heterocycles. The minimum absolute atomic E-state index is 0.0158. The molecule has 0 spiro atoms. The molecular formula is C30H28F2N6O3S. The molecule has 1 amide bonds. The highest BCUT2D eigenvalue weighted by Crippen LogP contribution is 2.47. The maximum Gasteiger partial charge on any atom is 0.246 e. The van der Waals surface area contributed by atoms with Crippen molar-refractivity contribution in [2.75, 3.05) is 13.2 Å². The third-order valence-electron chi connectivity index (χ3n) is 7.10. The van der Waals surface area contributed by atoms with E-state index in [0.717, 1.165) is 23.2 Å². The summed E-state index contributed by atoms with van der Waals surface area (Å²) in [6, 6.07) is 5.50. The Morgan fingerprint density at radius 2 is 2.07 bits per heavy atom. The molecule has 216 valence electrons. The summed E-state index contributed by atoms with van der Waals surface area (Å²) in [5, 5.41) is 17.4. The summed E-state index contributed by atoms with van der Waals surface area (Å²) in [7, 11) is 1.86. The number of fused-ring (bicyclic) bond motifs is 2. The molecule has 0 fully saturated rings. The van der Waals surface area contributed by atoms with E-state index in [2.05, 4.69) is 11.6 Å². The number of carbonyl (C=O) groups excluding carboxylic acids is 1. The number of benzene rings is 1. The molecule has 0 aliphatic carbocycles. The lowest BCUT2D eigenvalue weighted by atomic mass is 9.97. The van der Waals surface area contributed by atoms with Crippen LogP contribution in [0.4, 0.5) is 8.78 Å². The van der Waals surface area contributed by atoms with Crippen LogP contribution in [0.25, 0.3) is 44.0 Å². The molecule has 5 aromatic rings. The van der Waals surface area contributed by atoms with E-state index in [4.69, 9.17) is 14.8 Å². The lowest BCUT2D eigenvalue weighted by molar-refractivity contribution is -0.127. The topological polar surface area (TPSA) is 98.3 Å². The van der Waals surface area contributed by atoms with Crippen molar-refractivity contribution >= 4 is 27.3 Å². The zero-order chi connectivity index (χ0) is 29.7. The number of imidazole rings is 1. The van der Waals surface area contributed by atoms with E-state index in [1.54, 1.807) is 11.2 Å². The van der Waals surface area contributed by atoms with Crippen LogP contribution in [0.2, 0.25) is 0 Å². The number of aliphatic hydroxyl groups is 1. The van der Waals surface area contributed by atoms with Crippen molar-refractivity contribution in [2.24, 2.45) is 7.05 Å². The first kappa shape index (κ1) is 27.7. The number of halogens is 2. The van der Waals surface area contributed by atoms with Crippen LogP contribution in [-0.2, 0) is 18.4 Å². The highest BCUT2D eigenvalue weighted by molar-refractivity contribution is 7.18. The van der Waals surface area contributed by atoms with E-state index < -0.39 is 17.7 Å². The molecule has 1 N–H and O–H groups in total. The smallest absolute Gasteiger partial charge is 0.246 e. The normalized spacial score (nSPS) is 15.6. The van der Waals surface area contributed by atoms with Crippen LogP contribution < -0.4 is 4.74 Å². The van der Waals surface area contributed by atoms with Crippen LogP contribution >= 0.6 is 11.3 Å². The van der Waals surface area contributed by atoms with Gasteiger partial charge in [0.25, 0.3) is 0 Å². The Kier molecular flexibility index (Phi) is 7.11. The summed E-state index contributed by atoms with van der Waals surface area (Å²) in [5.41, 5.74) is 3.21. The largest absolute Gasteiger partial charge is 0.490 e. The predicted molar refractivity (Wildman–Crippen MR) is 156 cm³/mol. The Balaban J connectivity index is 1.64. The van der Waals surface area contributed by atoms with Gasteiger partial charge in [-0.2, -0.15) is 5.10 Å². The van der Waals surface area contributed by atoms with Gasteiger partial charge in [0.05, 0.1) is 42.0 Å². The molecule has 1 aliphatic rings. The second-order valence-electron chi connectivity index (χ2n) is 10.4. The summed E-state index contributed by atoms with van der Waals surface area (Å²) in [6.07, 6.45) is 3.94. The SMILES string of the molecule is C=CC(=O)N1Cc2cc(-c3nc(-c4cn(C)cn4)c4ccsc4c3-c3c(F)cc(F)cc3OCC(C)O)nn2C(C)C1. The molecule has 9 nitrogen and oxygen atoms in total. The zero-order valence-corrected chi connectivity index (χ0v) is 24.0. The van der Waals surface area contributed by atoms with Crippen molar-refractivity contribution in [2.45, 2.75) is 32.5 Å². The van der Waals surface area contributed by atoms with Crippen LogP contribution in [0.5, 0.6) is 5.75 Å². The first-order valence-corrected chi connectivity index (χ1v) is 14.2. The van der Waals surface area contributed by atoms with Crippen molar-refractivity contribution in [3.05, 3.63) is 72.2 Å². The number of thiophene rings is 1. The average Bonchev–Trinajstić information content (AvgIpc) is 3.70. The number of hydrogen-bond donors (Lipinski definition) is 1. The lowest BCUT2D eigenvalue weighted by Gasteiger charge is -2.31. The van der Waals surface area contributed by atoms with E-state index >= 15 is 4.39 Å². The van der Waals surface area contributed by atoms with Gasteiger partial charge in [-0.1, -0.05) is 6.58 Å². The summed E-state index contributed by atoms with van der Waals surface area (Å²) in [5.74, 6) is -1.88. The van der Waals surface area contributed by atoms with Crippen molar-refractivity contribution in [1.82, 2.24) is 29.2 Å². The molecule has 2 unspecified atom stereocenters. The van der Waals surface area contributed by atoms with Crippen LogP contribution in [0, 0.1) is 11.6 Å². The number of aliphatic hydroxyl groups excluding tert-OH is 1. The van der Waals surface area contributed by atoms with Crippen molar-refractivity contribution in [3.8, 4) is 39.7 Å². The molecule has 0 saturated heterocycles. The number of nitrogens with zero attached hydrogens (tertiary/aromatic N) is 6. The van der Waals surface area contributed by atoms with E-state index in [1.165, 1.54) is 24.3 Å². The first-order chi connectivity index (χ1) is 20.1. The van der Waals surface area contributed by atoms with Gasteiger partial charge in [-0.05, 0) is 37.4 Å². The average molecular weight is 591 g/mol. The second-order valence-corrected chi connectivity index (χ2v) is 11.3. The number of pyridine rings is 1. The number of hydrogen-bond acceptors (Lipinski definition) is 7. The number of rotatable bonds is 7. The molecule has 12 heteroatoms. The van der Waals surface area contributed by atoms with Gasteiger partial charge in [0.2, 0.25) is 5.91 Å². The fraction of sp³-hybridized carbons (Fsp3) is 0.267. The molecular weight excluding hydrogens is 562 g/mol. The first-order valence-electron chi connectivity index (χ1n) is 13.3. The Labute approximate surface area is 244 Å². The fourth-order valence-corrected chi connectivity index (χ4v) is 6.24. The minimum atomic E-state index is -0.863.